The van der Waals surface area contributed by atoms with Crippen molar-refractivity contribution >= 4 is 28.2 Å². The van der Waals surface area contributed by atoms with Gasteiger partial charge in [0.2, 0.25) is 0 Å². The first kappa shape index (κ1) is 13.9. The molecule has 2 aromatic heterocycles. The number of aromatic amines is 1. The van der Waals surface area contributed by atoms with E-state index < -0.39 is 17.4 Å². The number of aromatic carboxylic acids is 1. The molecule has 1 amide bonds. The minimum atomic E-state index is -1.07. The van der Waals surface area contributed by atoms with Crippen LogP contribution >= 0.6 is 11.3 Å². The summed E-state index contributed by atoms with van der Waals surface area (Å²) in [5.74, 6) is -1.66. The summed E-state index contributed by atoms with van der Waals surface area (Å²) in [5.41, 5.74) is 0.428. The highest BCUT2D eigenvalue weighted by Crippen LogP contribution is 2.22. The second kappa shape index (κ2) is 5.25. The van der Waals surface area contributed by atoms with E-state index in [0.29, 0.717) is 16.3 Å². The Hall–Kier alpha value is -2.48. The molecule has 0 saturated heterocycles. The molecule has 0 atom stereocenters. The molecule has 20 heavy (non-hydrogen) atoms. The Morgan fingerprint density at radius 3 is 2.65 bits per heavy atom. The summed E-state index contributed by atoms with van der Waals surface area (Å²) in [7, 11) is 0. The van der Waals surface area contributed by atoms with Gasteiger partial charge in [0.25, 0.3) is 11.5 Å². The third kappa shape index (κ3) is 2.59. The molecule has 2 rings (SSSR count). The number of aromatic nitrogens is 2. The van der Waals surface area contributed by atoms with E-state index in [1.165, 1.54) is 12.1 Å². The van der Waals surface area contributed by atoms with Crippen LogP contribution < -0.4 is 10.9 Å². The zero-order valence-electron chi connectivity index (χ0n) is 10.7. The summed E-state index contributed by atoms with van der Waals surface area (Å²) < 4.78 is 0. The summed E-state index contributed by atoms with van der Waals surface area (Å²) in [5, 5.41) is 17.7. The van der Waals surface area contributed by atoms with Gasteiger partial charge in [0.15, 0.2) is 0 Å². The molecule has 0 unspecified atom stereocenters. The maximum atomic E-state index is 12.1. The Bertz CT molecular complexity index is 747. The summed E-state index contributed by atoms with van der Waals surface area (Å²) in [4.78, 5) is 34.6. The lowest BCUT2D eigenvalue weighted by Gasteiger charge is -2.06. The smallest absolute Gasteiger partial charge is 0.345 e. The molecule has 0 aliphatic heterocycles. The Kier molecular flexibility index (Phi) is 3.66. The van der Waals surface area contributed by atoms with Crippen molar-refractivity contribution in [2.75, 3.05) is 5.32 Å². The Morgan fingerprint density at radius 2 is 2.05 bits per heavy atom. The number of amides is 1. The van der Waals surface area contributed by atoms with Crippen molar-refractivity contribution < 1.29 is 14.7 Å². The predicted molar refractivity (Wildman–Crippen MR) is 73.6 cm³/mol. The number of anilines is 1. The summed E-state index contributed by atoms with van der Waals surface area (Å²) >= 11 is 0.921. The summed E-state index contributed by atoms with van der Waals surface area (Å²) in [6, 6.07) is 2.86. The van der Waals surface area contributed by atoms with Gasteiger partial charge in [-0.1, -0.05) is 0 Å². The molecular formula is C12H11N3O4S. The molecule has 0 bridgehead atoms. The van der Waals surface area contributed by atoms with Gasteiger partial charge in [0.1, 0.15) is 10.4 Å². The van der Waals surface area contributed by atoms with Gasteiger partial charge in [0.05, 0.1) is 10.7 Å². The van der Waals surface area contributed by atoms with Gasteiger partial charge in [0, 0.05) is 0 Å². The topological polar surface area (TPSA) is 112 Å². The second-order valence-electron chi connectivity index (χ2n) is 4.06. The van der Waals surface area contributed by atoms with Crippen molar-refractivity contribution in [3.05, 3.63) is 44.2 Å². The largest absolute Gasteiger partial charge is 0.477 e. The fourth-order valence-corrected chi connectivity index (χ4v) is 2.33. The third-order valence-corrected chi connectivity index (χ3v) is 3.74. The number of thiophene rings is 1. The number of nitrogens with one attached hydrogen (secondary N) is 2. The lowest BCUT2D eigenvalue weighted by Crippen LogP contribution is -2.26. The average molecular weight is 293 g/mol. The molecule has 2 heterocycles. The van der Waals surface area contributed by atoms with Gasteiger partial charge in [-0.25, -0.2) is 9.89 Å². The van der Waals surface area contributed by atoms with E-state index in [0.717, 1.165) is 11.3 Å². The normalized spacial score (nSPS) is 10.3. The Labute approximate surface area is 117 Å². The third-order valence-electron chi connectivity index (χ3n) is 2.75. The number of carbonyl (C=O) groups is 2. The minimum absolute atomic E-state index is 0.0252. The van der Waals surface area contributed by atoms with Crippen molar-refractivity contribution in [2.24, 2.45) is 0 Å². The van der Waals surface area contributed by atoms with Gasteiger partial charge in [-0.15, -0.1) is 11.3 Å². The monoisotopic (exact) mass is 293 g/mol. The van der Waals surface area contributed by atoms with Crippen LogP contribution in [-0.4, -0.2) is 27.2 Å². The van der Waals surface area contributed by atoms with Crippen molar-refractivity contribution in [1.82, 2.24) is 10.2 Å². The van der Waals surface area contributed by atoms with Gasteiger partial charge >= 0.3 is 5.97 Å². The van der Waals surface area contributed by atoms with Crippen LogP contribution in [-0.2, 0) is 0 Å². The van der Waals surface area contributed by atoms with E-state index in [1.807, 2.05) is 0 Å². The minimum Gasteiger partial charge on any atom is -0.477 e. The molecule has 0 fully saturated rings. The number of nitrogens with zero attached hydrogens (tertiary/aromatic N) is 1. The van der Waals surface area contributed by atoms with Crippen LogP contribution in [0.5, 0.6) is 0 Å². The molecule has 0 spiro atoms. The molecule has 0 aliphatic carbocycles. The first-order valence-corrected chi connectivity index (χ1v) is 6.42. The highest BCUT2D eigenvalue weighted by molar-refractivity contribution is 7.18. The lowest BCUT2D eigenvalue weighted by atomic mass is 10.1. The first-order chi connectivity index (χ1) is 9.40. The van der Waals surface area contributed by atoms with Crippen LogP contribution in [0.15, 0.2) is 16.9 Å². The molecule has 3 N–H and O–H groups in total. The van der Waals surface area contributed by atoms with Crippen molar-refractivity contribution in [3.8, 4) is 0 Å². The van der Waals surface area contributed by atoms with Crippen LogP contribution in [0.25, 0.3) is 0 Å². The van der Waals surface area contributed by atoms with Crippen LogP contribution in [0, 0.1) is 13.8 Å². The van der Waals surface area contributed by atoms with E-state index in [-0.39, 0.29) is 10.4 Å². The predicted octanol–water partition coefficient (Wildman–Crippen LogP) is 1.40. The van der Waals surface area contributed by atoms with E-state index in [1.54, 1.807) is 13.8 Å². The van der Waals surface area contributed by atoms with Crippen molar-refractivity contribution in [2.45, 2.75) is 13.8 Å². The molecule has 0 aromatic carbocycles. The Morgan fingerprint density at radius 1 is 1.35 bits per heavy atom. The highest BCUT2D eigenvalue weighted by atomic mass is 32.1. The van der Waals surface area contributed by atoms with Crippen LogP contribution in [0.4, 0.5) is 5.00 Å². The quantitative estimate of drug-likeness (QED) is 0.791. The van der Waals surface area contributed by atoms with E-state index in [2.05, 4.69) is 15.5 Å². The second-order valence-corrected chi connectivity index (χ2v) is 5.15. The first-order valence-electron chi connectivity index (χ1n) is 5.60. The molecule has 8 heteroatoms. The zero-order chi connectivity index (χ0) is 14.9. The molecule has 2 aromatic rings. The van der Waals surface area contributed by atoms with Gasteiger partial charge in [-0.3, -0.25) is 9.59 Å². The van der Waals surface area contributed by atoms with Gasteiger partial charge in [-0.2, -0.15) is 5.10 Å². The van der Waals surface area contributed by atoms with Crippen molar-refractivity contribution in [3.63, 3.8) is 0 Å². The number of carbonyl (C=O) groups excluding carboxylic acids is 1. The molecule has 0 aliphatic rings. The molecule has 0 saturated carbocycles. The molecular weight excluding hydrogens is 282 g/mol. The maximum Gasteiger partial charge on any atom is 0.345 e. The number of carboxylic acids is 1. The summed E-state index contributed by atoms with van der Waals surface area (Å²) in [6.07, 6.45) is 0. The highest BCUT2D eigenvalue weighted by Gasteiger charge is 2.17. The lowest BCUT2D eigenvalue weighted by molar-refractivity contribution is 0.0702. The van der Waals surface area contributed by atoms with Crippen LogP contribution in [0.1, 0.15) is 31.3 Å². The number of hydrogen-bond donors (Lipinski definition) is 3. The van der Waals surface area contributed by atoms with E-state index in [4.69, 9.17) is 5.11 Å². The number of H-pyrrole nitrogens is 1. The SMILES string of the molecule is Cc1n[nH]c(=O)c(C(=O)Nc2ccc(C(=O)O)s2)c1C. The molecule has 7 nitrogen and oxygen atoms in total. The standard InChI is InChI=1S/C12H11N3O4S/c1-5-6(2)14-15-11(17)9(5)10(16)13-8-4-3-7(20-8)12(18)19/h3-4H,1-2H3,(H,13,16)(H,15,17)(H,18,19). The number of hydrogen-bond acceptors (Lipinski definition) is 5. The average Bonchev–Trinajstić information content (AvgIpc) is 2.83. The van der Waals surface area contributed by atoms with E-state index in [9.17, 15) is 14.4 Å². The van der Waals surface area contributed by atoms with Crippen LogP contribution in [0.3, 0.4) is 0 Å². The van der Waals surface area contributed by atoms with Crippen molar-refractivity contribution in [1.29, 1.82) is 0 Å². The van der Waals surface area contributed by atoms with Crippen LogP contribution in [0.2, 0.25) is 0 Å². The molecule has 104 valence electrons. The summed E-state index contributed by atoms with van der Waals surface area (Å²) in [6.45, 7) is 3.30. The zero-order valence-corrected chi connectivity index (χ0v) is 11.5. The van der Waals surface area contributed by atoms with E-state index >= 15 is 0 Å². The van der Waals surface area contributed by atoms with Gasteiger partial charge in [-0.05, 0) is 31.5 Å². The number of rotatable bonds is 3. The fraction of sp³-hybridized carbons (Fsp3) is 0.167. The maximum absolute atomic E-state index is 12.1. The Balaban J connectivity index is 2.31. The number of carboxylic acid groups (broad SMARTS) is 1. The molecule has 0 radical (unpaired) electrons. The van der Waals surface area contributed by atoms with Gasteiger partial charge < -0.3 is 10.4 Å². The fourth-order valence-electron chi connectivity index (χ4n) is 1.59. The number of aryl methyl sites for hydroxylation is 1.